The molecule has 0 aliphatic rings. The monoisotopic (exact) mass is 581 g/mol. The zero-order valence-electron chi connectivity index (χ0n) is 17.9. The minimum atomic E-state index is -0.255. The van der Waals surface area contributed by atoms with Crippen molar-refractivity contribution < 1.29 is 9.47 Å². The third kappa shape index (κ3) is 5.08. The molecular weight excluding hydrogens is 562 g/mol. The number of halogens is 3. The van der Waals surface area contributed by atoms with E-state index in [1.54, 1.807) is 24.4 Å². The van der Waals surface area contributed by atoms with Crippen molar-refractivity contribution in [3.8, 4) is 11.5 Å². The lowest BCUT2D eigenvalue weighted by atomic mass is 10.2. The van der Waals surface area contributed by atoms with Gasteiger partial charge in [0.25, 0.3) is 5.56 Å². The van der Waals surface area contributed by atoms with Crippen LogP contribution >= 0.6 is 43.5 Å². The Labute approximate surface area is 208 Å². The zero-order chi connectivity index (χ0) is 23.4. The first kappa shape index (κ1) is 24.5. The Balaban J connectivity index is 2.16. The minimum Gasteiger partial charge on any atom is -0.490 e. The SMILES string of the molecule is C=CCOc1c(OCC)cc(C=Nn2c(C(C)C)nc3ccc(Br)cc3c2=O)c(Br)c1Cl. The van der Waals surface area contributed by atoms with Crippen LogP contribution in [0, 0.1) is 0 Å². The highest BCUT2D eigenvalue weighted by Crippen LogP contribution is 2.42. The van der Waals surface area contributed by atoms with E-state index >= 15 is 0 Å². The Hall–Kier alpha value is -2.16. The Morgan fingerprint density at radius 1 is 1.28 bits per heavy atom. The lowest BCUT2D eigenvalue weighted by molar-refractivity contribution is 0.297. The largest absolute Gasteiger partial charge is 0.490 e. The molecule has 0 amide bonds. The summed E-state index contributed by atoms with van der Waals surface area (Å²) < 4.78 is 14.1. The van der Waals surface area contributed by atoms with E-state index in [9.17, 15) is 4.79 Å². The van der Waals surface area contributed by atoms with Crippen LogP contribution in [0.5, 0.6) is 11.5 Å². The summed E-state index contributed by atoms with van der Waals surface area (Å²) in [7, 11) is 0. The maximum atomic E-state index is 13.2. The van der Waals surface area contributed by atoms with Gasteiger partial charge in [-0.25, -0.2) is 4.98 Å². The molecule has 0 unspecified atom stereocenters. The number of aromatic nitrogens is 2. The molecule has 0 N–H and O–H groups in total. The van der Waals surface area contributed by atoms with Gasteiger partial charge in [-0.3, -0.25) is 4.79 Å². The van der Waals surface area contributed by atoms with Crippen molar-refractivity contribution in [1.29, 1.82) is 0 Å². The van der Waals surface area contributed by atoms with Gasteiger partial charge in [-0.2, -0.15) is 9.78 Å². The van der Waals surface area contributed by atoms with Crippen molar-refractivity contribution in [2.45, 2.75) is 26.7 Å². The highest BCUT2D eigenvalue weighted by molar-refractivity contribution is 9.10. The van der Waals surface area contributed by atoms with Crippen molar-refractivity contribution in [2.24, 2.45) is 5.10 Å². The lowest BCUT2D eigenvalue weighted by Gasteiger charge is -2.15. The van der Waals surface area contributed by atoms with E-state index in [1.807, 2.05) is 32.9 Å². The Morgan fingerprint density at radius 3 is 2.69 bits per heavy atom. The average molecular weight is 584 g/mol. The van der Waals surface area contributed by atoms with E-state index in [0.29, 0.717) is 49.9 Å². The van der Waals surface area contributed by atoms with Crippen LogP contribution in [0.2, 0.25) is 5.02 Å². The second-order valence-corrected chi connectivity index (χ2v) is 9.19. The summed E-state index contributed by atoms with van der Waals surface area (Å²) in [6.45, 7) is 10.2. The summed E-state index contributed by atoms with van der Waals surface area (Å²) in [6, 6.07) is 7.17. The normalized spacial score (nSPS) is 11.5. The number of nitrogens with zero attached hydrogens (tertiary/aromatic N) is 3. The smallest absolute Gasteiger partial charge is 0.282 e. The fraction of sp³-hybridized carbons (Fsp3) is 0.261. The van der Waals surface area contributed by atoms with Crippen LogP contribution in [0.3, 0.4) is 0 Å². The van der Waals surface area contributed by atoms with Gasteiger partial charge in [0.1, 0.15) is 17.5 Å². The summed E-state index contributed by atoms with van der Waals surface area (Å²) in [5, 5.41) is 5.29. The third-order valence-corrected chi connectivity index (χ3v) is 6.40. The van der Waals surface area contributed by atoms with E-state index in [1.165, 1.54) is 4.68 Å². The Bertz CT molecular complexity index is 1260. The molecule has 0 fully saturated rings. The Kier molecular flexibility index (Phi) is 8.14. The maximum Gasteiger partial charge on any atom is 0.282 e. The number of hydrogen-bond acceptors (Lipinski definition) is 5. The molecule has 0 saturated carbocycles. The maximum absolute atomic E-state index is 13.2. The molecule has 1 aromatic heterocycles. The van der Waals surface area contributed by atoms with Crippen molar-refractivity contribution >= 4 is 60.6 Å². The van der Waals surface area contributed by atoms with Crippen LogP contribution in [0.1, 0.15) is 38.1 Å². The van der Waals surface area contributed by atoms with Crippen molar-refractivity contribution in [3.63, 3.8) is 0 Å². The van der Waals surface area contributed by atoms with Gasteiger partial charge in [-0.1, -0.05) is 54.0 Å². The quantitative estimate of drug-likeness (QED) is 0.223. The molecule has 0 saturated heterocycles. The average Bonchev–Trinajstić information content (AvgIpc) is 2.76. The molecule has 1 heterocycles. The fourth-order valence-corrected chi connectivity index (χ4v) is 4.02. The standard InChI is InChI=1S/C23H22Br2ClN3O3/c1-5-9-32-21-18(31-6-2)10-14(19(25)20(21)26)12-27-29-22(13(3)4)28-17-8-7-15(24)11-16(17)23(29)30/h5,7-8,10-13H,1,6,9H2,2-4H3. The van der Waals surface area contributed by atoms with Crippen molar-refractivity contribution in [3.05, 3.63) is 72.6 Å². The van der Waals surface area contributed by atoms with E-state index < -0.39 is 0 Å². The molecule has 0 aliphatic carbocycles. The van der Waals surface area contributed by atoms with Crippen LogP contribution in [0.4, 0.5) is 0 Å². The van der Waals surface area contributed by atoms with Crippen molar-refractivity contribution in [1.82, 2.24) is 9.66 Å². The van der Waals surface area contributed by atoms with E-state index in [0.717, 1.165) is 4.47 Å². The molecular formula is C23H22Br2ClN3O3. The fourth-order valence-electron chi connectivity index (χ4n) is 3.01. The van der Waals surface area contributed by atoms with Crippen LogP contribution in [-0.2, 0) is 0 Å². The number of ether oxygens (including phenoxy) is 2. The molecule has 6 nitrogen and oxygen atoms in total. The summed E-state index contributed by atoms with van der Waals surface area (Å²) in [4.78, 5) is 17.9. The topological polar surface area (TPSA) is 65.7 Å². The first-order chi connectivity index (χ1) is 15.3. The minimum absolute atomic E-state index is 0.0198. The predicted octanol–water partition coefficient (Wildman–Crippen LogP) is 6.54. The van der Waals surface area contributed by atoms with E-state index in [4.69, 9.17) is 21.1 Å². The molecule has 0 atom stereocenters. The van der Waals surface area contributed by atoms with Crippen LogP contribution in [0.25, 0.3) is 10.9 Å². The van der Waals surface area contributed by atoms with Gasteiger partial charge in [0, 0.05) is 20.4 Å². The molecule has 0 aliphatic heterocycles. The van der Waals surface area contributed by atoms with Crippen LogP contribution in [0.15, 0.2) is 55.8 Å². The molecule has 9 heteroatoms. The van der Waals surface area contributed by atoms with Gasteiger partial charge in [0.15, 0.2) is 11.5 Å². The van der Waals surface area contributed by atoms with Gasteiger partial charge in [-0.15, -0.1) is 0 Å². The summed E-state index contributed by atoms with van der Waals surface area (Å²) in [5.74, 6) is 1.42. The van der Waals surface area contributed by atoms with Gasteiger partial charge < -0.3 is 9.47 Å². The Morgan fingerprint density at radius 2 is 2.03 bits per heavy atom. The van der Waals surface area contributed by atoms with Crippen LogP contribution in [-0.4, -0.2) is 29.1 Å². The van der Waals surface area contributed by atoms with Gasteiger partial charge >= 0.3 is 0 Å². The molecule has 2 aromatic carbocycles. The van der Waals surface area contributed by atoms with Crippen molar-refractivity contribution in [2.75, 3.05) is 13.2 Å². The van der Waals surface area contributed by atoms with Gasteiger partial charge in [0.05, 0.1) is 23.7 Å². The lowest BCUT2D eigenvalue weighted by Crippen LogP contribution is -2.23. The molecule has 168 valence electrons. The number of hydrogen-bond donors (Lipinski definition) is 0. The third-order valence-electron chi connectivity index (χ3n) is 4.46. The van der Waals surface area contributed by atoms with Crippen LogP contribution < -0.4 is 15.0 Å². The number of rotatable bonds is 8. The molecule has 0 radical (unpaired) electrons. The molecule has 3 aromatic rings. The molecule has 0 bridgehead atoms. The van der Waals surface area contributed by atoms with E-state index in [-0.39, 0.29) is 18.1 Å². The van der Waals surface area contributed by atoms with Gasteiger partial charge in [-0.05, 0) is 47.1 Å². The van der Waals surface area contributed by atoms with Gasteiger partial charge in [0.2, 0.25) is 0 Å². The number of benzene rings is 2. The summed E-state index contributed by atoms with van der Waals surface area (Å²) in [6.07, 6.45) is 3.18. The molecule has 32 heavy (non-hydrogen) atoms. The first-order valence-corrected chi connectivity index (χ1v) is 11.9. The summed E-state index contributed by atoms with van der Waals surface area (Å²) >= 11 is 13.4. The second kappa shape index (κ2) is 10.6. The predicted molar refractivity (Wildman–Crippen MR) is 137 cm³/mol. The number of fused-ring (bicyclic) bond motifs is 1. The summed E-state index contributed by atoms with van der Waals surface area (Å²) in [5.41, 5.74) is 0.995. The first-order valence-electron chi connectivity index (χ1n) is 9.93. The van der Waals surface area contributed by atoms with E-state index in [2.05, 4.69) is 48.5 Å². The molecule has 3 rings (SSSR count). The highest BCUT2D eigenvalue weighted by Gasteiger charge is 2.18. The zero-order valence-corrected chi connectivity index (χ0v) is 21.8. The second-order valence-electron chi connectivity index (χ2n) is 7.10. The molecule has 0 spiro atoms. The highest BCUT2D eigenvalue weighted by atomic mass is 79.9.